The molecule has 1 fully saturated rings. The molecule has 2 aliphatic rings. The number of alkyl halides is 2. The maximum absolute atomic E-state index is 12.9. The molecule has 2 amide bonds. The third-order valence-corrected chi connectivity index (χ3v) is 6.12. The van der Waals surface area contributed by atoms with Gasteiger partial charge in [0.05, 0.1) is 12.2 Å². The number of nitrogens with one attached hydrogen (secondary N) is 1. The summed E-state index contributed by atoms with van der Waals surface area (Å²) in [6, 6.07) is -0.144. The van der Waals surface area contributed by atoms with Gasteiger partial charge in [0.1, 0.15) is 5.82 Å². The fraction of sp³-hybridized carbons (Fsp3) is 0.588. The van der Waals surface area contributed by atoms with Crippen LogP contribution in [0.4, 0.5) is 18.7 Å². The molecule has 7 nitrogen and oxygen atoms in total. The standard InChI is InChI=1S/C17H22F2N6OS/c18-15(19)25-6-5-20-14(25)11-23-7-9-24(10-8-23)17(26)22-16-21-12-3-1-2-4-13(12)27-16/h5-6,15H,1-4,7-11H2,(H,21,22,26). The zero-order valence-electron chi connectivity index (χ0n) is 14.9. The van der Waals surface area contributed by atoms with Gasteiger partial charge < -0.3 is 4.90 Å². The minimum Gasteiger partial charge on any atom is -0.322 e. The van der Waals surface area contributed by atoms with Gasteiger partial charge in [0.2, 0.25) is 0 Å². The Labute approximate surface area is 160 Å². The predicted octanol–water partition coefficient (Wildman–Crippen LogP) is 2.96. The highest BCUT2D eigenvalue weighted by Gasteiger charge is 2.24. The Morgan fingerprint density at radius 1 is 1.22 bits per heavy atom. The van der Waals surface area contributed by atoms with Crippen molar-refractivity contribution in [2.45, 2.75) is 38.8 Å². The number of anilines is 1. The largest absolute Gasteiger partial charge is 0.323 e. The molecule has 4 rings (SSSR count). The minimum atomic E-state index is -2.58. The number of piperazine rings is 1. The topological polar surface area (TPSA) is 66.3 Å². The average molecular weight is 396 g/mol. The molecule has 0 atom stereocenters. The van der Waals surface area contributed by atoms with Crippen molar-refractivity contribution in [1.82, 2.24) is 24.3 Å². The SMILES string of the molecule is O=C(Nc1nc2c(s1)CCCC2)N1CCN(Cc2nccn2C(F)F)CC1. The van der Waals surface area contributed by atoms with Crippen molar-refractivity contribution in [3.8, 4) is 0 Å². The summed E-state index contributed by atoms with van der Waals surface area (Å²) < 4.78 is 26.7. The molecular weight excluding hydrogens is 374 g/mol. The van der Waals surface area contributed by atoms with Crippen molar-refractivity contribution in [3.05, 3.63) is 28.8 Å². The van der Waals surface area contributed by atoms with E-state index in [2.05, 4.69) is 15.3 Å². The van der Waals surface area contributed by atoms with E-state index in [-0.39, 0.29) is 6.03 Å². The Bertz CT molecular complexity index is 776. The molecule has 27 heavy (non-hydrogen) atoms. The van der Waals surface area contributed by atoms with Crippen LogP contribution in [0, 0.1) is 0 Å². The fourth-order valence-corrected chi connectivity index (χ4v) is 4.57. The molecule has 10 heteroatoms. The summed E-state index contributed by atoms with van der Waals surface area (Å²) in [5.74, 6) is 0.344. The van der Waals surface area contributed by atoms with Crippen LogP contribution in [0.5, 0.6) is 0 Å². The number of carbonyl (C=O) groups is 1. The molecule has 2 aromatic heterocycles. The van der Waals surface area contributed by atoms with Crippen LogP contribution < -0.4 is 5.32 Å². The summed E-state index contributed by atoms with van der Waals surface area (Å²) in [6.45, 7) is 0.110. The molecule has 3 heterocycles. The van der Waals surface area contributed by atoms with Crippen LogP contribution >= 0.6 is 11.3 Å². The van der Waals surface area contributed by atoms with E-state index in [1.165, 1.54) is 23.7 Å². The highest BCUT2D eigenvalue weighted by Crippen LogP contribution is 2.29. The third kappa shape index (κ3) is 4.11. The van der Waals surface area contributed by atoms with E-state index < -0.39 is 6.55 Å². The van der Waals surface area contributed by atoms with Gasteiger partial charge in [-0.1, -0.05) is 0 Å². The van der Waals surface area contributed by atoms with Gasteiger partial charge in [0.15, 0.2) is 5.13 Å². The summed E-state index contributed by atoms with van der Waals surface area (Å²) in [5.41, 5.74) is 1.13. The molecule has 1 N–H and O–H groups in total. The van der Waals surface area contributed by atoms with E-state index in [1.54, 1.807) is 16.2 Å². The lowest BCUT2D eigenvalue weighted by Gasteiger charge is -2.34. The van der Waals surface area contributed by atoms with E-state index >= 15 is 0 Å². The Morgan fingerprint density at radius 2 is 2.00 bits per heavy atom. The summed E-state index contributed by atoms with van der Waals surface area (Å²) in [7, 11) is 0. The van der Waals surface area contributed by atoms with Gasteiger partial charge in [-0.25, -0.2) is 14.8 Å². The summed E-state index contributed by atoms with van der Waals surface area (Å²) in [5, 5.41) is 3.59. The predicted molar refractivity (Wildman–Crippen MR) is 98.1 cm³/mol. The molecule has 0 radical (unpaired) electrons. The molecule has 0 unspecified atom stereocenters. The van der Waals surface area contributed by atoms with E-state index in [0.29, 0.717) is 43.7 Å². The van der Waals surface area contributed by atoms with Gasteiger partial charge in [-0.15, -0.1) is 11.3 Å². The number of fused-ring (bicyclic) bond motifs is 1. The lowest BCUT2D eigenvalue weighted by Crippen LogP contribution is -2.49. The molecular formula is C17H22F2N6OS. The second-order valence-electron chi connectivity index (χ2n) is 6.82. The molecule has 0 saturated carbocycles. The van der Waals surface area contributed by atoms with Crippen LogP contribution in [0.15, 0.2) is 12.4 Å². The Morgan fingerprint density at radius 3 is 2.74 bits per heavy atom. The first-order valence-electron chi connectivity index (χ1n) is 9.17. The highest BCUT2D eigenvalue weighted by molar-refractivity contribution is 7.15. The molecule has 0 bridgehead atoms. The number of carbonyl (C=O) groups excluding carboxylic acids is 1. The smallest absolute Gasteiger partial charge is 0.322 e. The maximum Gasteiger partial charge on any atom is 0.323 e. The van der Waals surface area contributed by atoms with Crippen molar-refractivity contribution in [2.75, 3.05) is 31.5 Å². The van der Waals surface area contributed by atoms with Crippen LogP contribution in [-0.2, 0) is 19.4 Å². The van der Waals surface area contributed by atoms with Gasteiger partial charge in [0.25, 0.3) is 0 Å². The van der Waals surface area contributed by atoms with Crippen LogP contribution in [0.1, 0.15) is 35.8 Å². The first kappa shape index (κ1) is 18.3. The van der Waals surface area contributed by atoms with Crippen molar-refractivity contribution >= 4 is 22.5 Å². The van der Waals surface area contributed by atoms with Crippen molar-refractivity contribution in [2.24, 2.45) is 0 Å². The number of halogens is 2. The quantitative estimate of drug-likeness (QED) is 0.863. The number of aryl methyl sites for hydroxylation is 2. The van der Waals surface area contributed by atoms with Crippen LogP contribution in [-0.4, -0.2) is 56.5 Å². The number of imidazole rings is 1. The number of aromatic nitrogens is 3. The van der Waals surface area contributed by atoms with Crippen molar-refractivity contribution in [1.29, 1.82) is 0 Å². The molecule has 2 aromatic rings. The normalized spacial score (nSPS) is 18.0. The molecule has 1 saturated heterocycles. The lowest BCUT2D eigenvalue weighted by molar-refractivity contribution is 0.0620. The van der Waals surface area contributed by atoms with Gasteiger partial charge in [-0.3, -0.25) is 14.8 Å². The Kier molecular flexibility index (Phi) is 5.35. The van der Waals surface area contributed by atoms with Gasteiger partial charge >= 0.3 is 12.6 Å². The summed E-state index contributed by atoms with van der Waals surface area (Å²) in [4.78, 5) is 26.1. The first-order chi connectivity index (χ1) is 13.1. The summed E-state index contributed by atoms with van der Waals surface area (Å²) >= 11 is 1.57. The molecule has 1 aliphatic carbocycles. The summed E-state index contributed by atoms with van der Waals surface area (Å²) in [6.07, 6.45) is 7.07. The number of nitrogens with zero attached hydrogens (tertiary/aromatic N) is 5. The number of rotatable bonds is 4. The van der Waals surface area contributed by atoms with Gasteiger partial charge in [0, 0.05) is 43.4 Å². The zero-order valence-corrected chi connectivity index (χ0v) is 15.7. The highest BCUT2D eigenvalue weighted by atomic mass is 32.1. The first-order valence-corrected chi connectivity index (χ1v) is 9.98. The van der Waals surface area contributed by atoms with Crippen molar-refractivity contribution < 1.29 is 13.6 Å². The maximum atomic E-state index is 12.9. The second-order valence-corrected chi connectivity index (χ2v) is 7.90. The Balaban J connectivity index is 1.29. The van der Waals surface area contributed by atoms with E-state index in [1.807, 2.05) is 4.90 Å². The average Bonchev–Trinajstić information content (AvgIpc) is 3.28. The van der Waals surface area contributed by atoms with E-state index in [0.717, 1.165) is 29.5 Å². The lowest BCUT2D eigenvalue weighted by atomic mass is 10.0. The molecule has 146 valence electrons. The monoisotopic (exact) mass is 396 g/mol. The number of thiazole rings is 1. The third-order valence-electron chi connectivity index (χ3n) is 5.04. The minimum absolute atomic E-state index is 0.144. The van der Waals surface area contributed by atoms with Gasteiger partial charge in [-0.2, -0.15) is 8.78 Å². The van der Waals surface area contributed by atoms with Crippen LogP contribution in [0.25, 0.3) is 0 Å². The number of urea groups is 1. The second kappa shape index (κ2) is 7.89. The molecule has 0 aromatic carbocycles. The zero-order chi connectivity index (χ0) is 18.8. The Hall–Kier alpha value is -2.07. The van der Waals surface area contributed by atoms with Gasteiger partial charge in [-0.05, 0) is 25.7 Å². The molecule has 1 aliphatic heterocycles. The van der Waals surface area contributed by atoms with Crippen LogP contribution in [0.3, 0.4) is 0 Å². The molecule has 0 spiro atoms. The van der Waals surface area contributed by atoms with E-state index in [9.17, 15) is 13.6 Å². The van der Waals surface area contributed by atoms with E-state index in [4.69, 9.17) is 0 Å². The number of amides is 2. The number of hydrogen-bond acceptors (Lipinski definition) is 5. The fourth-order valence-electron chi connectivity index (χ4n) is 3.53. The van der Waals surface area contributed by atoms with Crippen molar-refractivity contribution in [3.63, 3.8) is 0 Å². The number of hydrogen-bond donors (Lipinski definition) is 1. The van der Waals surface area contributed by atoms with Crippen LogP contribution in [0.2, 0.25) is 0 Å².